The topological polar surface area (TPSA) is 123 Å². The van der Waals surface area contributed by atoms with Gasteiger partial charge in [0, 0.05) is 53.4 Å². The third-order valence-electron chi connectivity index (χ3n) is 18.5. The van der Waals surface area contributed by atoms with Gasteiger partial charge in [0.1, 0.15) is 17.2 Å². The van der Waals surface area contributed by atoms with Crippen LogP contribution in [-0.4, -0.2) is 86.4 Å². The van der Waals surface area contributed by atoms with E-state index in [1.807, 2.05) is 35.2 Å². The van der Waals surface area contributed by atoms with E-state index in [2.05, 4.69) is 77.1 Å². The van der Waals surface area contributed by atoms with Gasteiger partial charge in [-0.1, -0.05) is 147 Å². The molecule has 6 aliphatic heterocycles. The molecule has 10 aliphatic rings. The lowest BCUT2D eigenvalue weighted by atomic mass is 9.50. The first-order valence-corrected chi connectivity index (χ1v) is 28.8. The zero-order valence-corrected chi connectivity index (χ0v) is 45.2. The Bertz CT molecular complexity index is 2280. The number of aryl methyl sites for hydroxylation is 2. The van der Waals surface area contributed by atoms with Gasteiger partial charge in [0.15, 0.2) is 12.2 Å². The van der Waals surface area contributed by atoms with E-state index < -0.39 is 11.6 Å². The SMILES string of the molecule is CCCCCCCC.CCCCCCCC.Cc1ccc2c3c1O[C@@H]1C4(CCC5C(C2)N(C(=O)Oc2ccccc2)CC[C@]351)OCCO4.Cc1ccc2c3c1O[C@@H]1C4(CCC5C(C2)NCC[C@]351)OCCO4.NF. The van der Waals surface area contributed by atoms with E-state index in [1.165, 1.54) is 117 Å². The number of carbonyl (C=O) groups is 1. The lowest BCUT2D eigenvalue weighted by Crippen LogP contribution is -2.71. The molecule has 0 radical (unpaired) electrons. The van der Waals surface area contributed by atoms with Gasteiger partial charge in [-0.3, -0.25) is 0 Å². The largest absolute Gasteiger partial charge is 0.483 e. The Morgan fingerprint density at radius 1 is 0.630 bits per heavy atom. The zero-order chi connectivity index (χ0) is 51.2. The molecule has 4 aliphatic carbocycles. The number of rotatable bonds is 11. The molecule has 6 heterocycles. The number of halogens is 1. The Hall–Kier alpha value is -3.78. The van der Waals surface area contributed by atoms with E-state index >= 15 is 0 Å². The first-order valence-electron chi connectivity index (χ1n) is 28.8. The molecule has 4 spiro atoms. The number of carbonyl (C=O) groups excluding carboxylic acids is 1. The molecule has 3 aromatic carbocycles. The fraction of sp³-hybridized carbons (Fsp3) is 0.689. The number of piperidine rings is 2. The Balaban J connectivity index is 0.000000139. The van der Waals surface area contributed by atoms with Crippen molar-refractivity contribution < 1.29 is 42.4 Å². The number of ether oxygens (including phenoxy) is 7. The van der Waals surface area contributed by atoms with Crippen LogP contribution in [0, 0.1) is 25.7 Å². The van der Waals surface area contributed by atoms with Gasteiger partial charge in [-0.2, -0.15) is 5.96 Å². The van der Waals surface area contributed by atoms with Gasteiger partial charge in [0.25, 0.3) is 0 Å². The number of amides is 1. The molecular formula is C61H88FN3O8. The number of hydrogen-bond acceptors (Lipinski definition) is 10. The number of unbranched alkanes of at least 4 members (excludes halogenated alkanes) is 10. The molecule has 8 atom stereocenters. The van der Waals surface area contributed by atoms with Crippen molar-refractivity contribution in [2.24, 2.45) is 17.8 Å². The zero-order valence-electron chi connectivity index (χ0n) is 45.2. The van der Waals surface area contributed by atoms with E-state index in [0.29, 0.717) is 56.6 Å². The number of para-hydroxylation sites is 1. The van der Waals surface area contributed by atoms with Gasteiger partial charge < -0.3 is 43.4 Å². The number of hydrogen-bond donors (Lipinski definition) is 2. The van der Waals surface area contributed by atoms with Gasteiger partial charge in [-0.25, -0.2) is 4.79 Å². The molecule has 73 heavy (non-hydrogen) atoms. The van der Waals surface area contributed by atoms with Crippen LogP contribution in [0.15, 0.2) is 54.6 Å². The van der Waals surface area contributed by atoms with Crippen molar-refractivity contribution in [3.63, 3.8) is 0 Å². The van der Waals surface area contributed by atoms with Gasteiger partial charge in [0.05, 0.1) is 26.4 Å². The van der Waals surface area contributed by atoms with Crippen molar-refractivity contribution in [1.29, 1.82) is 0 Å². The summed E-state index contributed by atoms with van der Waals surface area (Å²) in [6.45, 7) is 17.7. The van der Waals surface area contributed by atoms with E-state index in [4.69, 9.17) is 37.6 Å². The van der Waals surface area contributed by atoms with Gasteiger partial charge in [0.2, 0.25) is 11.6 Å². The predicted octanol–water partition coefficient (Wildman–Crippen LogP) is 12.6. The van der Waals surface area contributed by atoms with Crippen LogP contribution in [0.25, 0.3) is 0 Å². The fourth-order valence-corrected chi connectivity index (χ4v) is 15.4. The standard InChI is InChI=1S/C26H27NO5.C19H23NO3.2C8H18.FH2N/c1-16-7-8-17-15-20-19-9-10-26(29-13-14-30-26)23-25(19,21(17)22(16)32-23)11-12-27(20)24(28)31-18-5-3-2-4-6-18;1-11-2-3-12-10-14-13-4-5-19(21-8-9-22-19)17-18(13,6-7-20-14)15(12)16(11)23-17;2*1-3-5-7-8-6-4-2;1-2/h2-8,19-20,23H,9-15H2,1H3;2-3,13-14,17,20H,4-10H2,1H3;2*3-8H2,1-2H3;2H2/t19?,20?,23-,25+;13?,14?,17-,18+;;;/m00.../s1. The maximum Gasteiger partial charge on any atom is 0.415 e. The average molecular weight is 1010 g/mol. The molecule has 4 saturated heterocycles. The van der Waals surface area contributed by atoms with Crippen molar-refractivity contribution in [3.05, 3.63) is 88.0 Å². The lowest BCUT2D eigenvalue weighted by molar-refractivity contribution is -0.260. The second kappa shape index (κ2) is 23.6. The highest BCUT2D eigenvalue weighted by atomic mass is 19.2. The summed E-state index contributed by atoms with van der Waals surface area (Å²) in [6, 6.07) is 18.9. The molecule has 2 saturated carbocycles. The van der Waals surface area contributed by atoms with Crippen molar-refractivity contribution in [1.82, 2.24) is 10.2 Å². The molecule has 3 N–H and O–H groups in total. The van der Waals surface area contributed by atoms with E-state index in [-0.39, 0.29) is 35.2 Å². The molecule has 12 heteroatoms. The second-order valence-corrected chi connectivity index (χ2v) is 22.6. The highest BCUT2D eigenvalue weighted by Crippen LogP contribution is 2.67. The highest BCUT2D eigenvalue weighted by Gasteiger charge is 2.73. The molecule has 11 nitrogen and oxygen atoms in total. The quantitative estimate of drug-likeness (QED) is 0.142. The van der Waals surface area contributed by atoms with Gasteiger partial charge >= 0.3 is 6.09 Å². The summed E-state index contributed by atoms with van der Waals surface area (Å²) in [5.41, 5.74) is 7.99. The highest BCUT2D eigenvalue weighted by molar-refractivity contribution is 5.72. The number of benzene rings is 3. The van der Waals surface area contributed by atoms with Crippen molar-refractivity contribution in [3.8, 4) is 17.2 Å². The molecule has 0 aromatic heterocycles. The Morgan fingerprint density at radius 2 is 1.11 bits per heavy atom. The second-order valence-electron chi connectivity index (χ2n) is 22.6. The summed E-state index contributed by atoms with van der Waals surface area (Å²) < 4.78 is 53.1. The fourth-order valence-electron chi connectivity index (χ4n) is 15.4. The van der Waals surface area contributed by atoms with Crippen molar-refractivity contribution in [2.45, 2.75) is 217 Å². The minimum Gasteiger partial charge on any atom is -0.483 e. The Labute approximate surface area is 436 Å². The van der Waals surface area contributed by atoms with Crippen LogP contribution in [-0.2, 0) is 42.6 Å². The maximum absolute atomic E-state index is 13.3. The van der Waals surface area contributed by atoms with E-state index in [0.717, 1.165) is 63.0 Å². The first kappa shape index (κ1) is 54.0. The third kappa shape index (κ3) is 9.74. The van der Waals surface area contributed by atoms with Crippen LogP contribution < -0.4 is 25.5 Å². The van der Waals surface area contributed by atoms with Crippen LogP contribution in [0.4, 0.5) is 9.28 Å². The summed E-state index contributed by atoms with van der Waals surface area (Å²) in [5, 5.41) is 3.79. The molecule has 4 unspecified atom stereocenters. The summed E-state index contributed by atoms with van der Waals surface area (Å²) in [6.07, 6.45) is 24.4. The summed E-state index contributed by atoms with van der Waals surface area (Å²) >= 11 is 0. The molecule has 402 valence electrons. The summed E-state index contributed by atoms with van der Waals surface area (Å²) in [4.78, 5) is 15.2. The molecule has 13 rings (SSSR count). The van der Waals surface area contributed by atoms with Crippen LogP contribution in [0.5, 0.6) is 17.2 Å². The lowest BCUT2D eigenvalue weighted by Gasteiger charge is -2.60. The normalized spacial score (nSPS) is 29.8. The Morgan fingerprint density at radius 3 is 1.62 bits per heavy atom. The molecule has 1 amide bonds. The predicted molar refractivity (Wildman–Crippen MR) is 284 cm³/mol. The van der Waals surface area contributed by atoms with Gasteiger partial charge in [-0.05, 0) is 105 Å². The summed E-state index contributed by atoms with van der Waals surface area (Å²) in [5.74, 6) is 5.51. The van der Waals surface area contributed by atoms with Crippen molar-refractivity contribution in [2.75, 3.05) is 39.5 Å². The van der Waals surface area contributed by atoms with Crippen LogP contribution in [0.1, 0.15) is 177 Å². The number of nitrogens with two attached hydrogens (primary N) is 1. The summed E-state index contributed by atoms with van der Waals surface area (Å²) in [7, 11) is 0. The minimum atomic E-state index is -0.673. The first-order chi connectivity index (χ1) is 35.7. The van der Waals surface area contributed by atoms with Crippen LogP contribution in [0.2, 0.25) is 0 Å². The van der Waals surface area contributed by atoms with E-state index in [9.17, 15) is 4.79 Å². The van der Waals surface area contributed by atoms with Crippen LogP contribution in [0.3, 0.4) is 0 Å². The van der Waals surface area contributed by atoms with E-state index in [1.54, 1.807) is 0 Å². The molecule has 6 fully saturated rings. The smallest absolute Gasteiger partial charge is 0.415 e. The Kier molecular flexibility index (Phi) is 17.5. The number of nitrogens with one attached hydrogen (secondary N) is 1. The monoisotopic (exact) mass is 1010 g/mol. The van der Waals surface area contributed by atoms with Gasteiger partial charge in [-0.15, -0.1) is 4.48 Å². The number of nitrogens with zero attached hydrogens (tertiary/aromatic N) is 1. The molecular weight excluding hydrogens is 922 g/mol. The van der Waals surface area contributed by atoms with Crippen LogP contribution >= 0.6 is 0 Å². The van der Waals surface area contributed by atoms with Crippen molar-refractivity contribution >= 4 is 6.09 Å². The molecule has 3 aromatic rings. The maximum atomic E-state index is 13.3. The third-order valence-corrected chi connectivity index (χ3v) is 18.5. The average Bonchev–Trinajstić information content (AvgIpc) is 4.23. The number of fused-ring (bicyclic) bond motifs is 2. The molecule has 4 bridgehead atoms. The minimum absolute atomic E-state index is 0.0241. The number of likely N-dealkylation sites (tertiary alicyclic amines) is 1.